The van der Waals surface area contributed by atoms with Crippen LogP contribution < -0.4 is 5.32 Å². The number of aliphatic hydroxyl groups excluding tert-OH is 1. The van der Waals surface area contributed by atoms with Gasteiger partial charge in [-0.2, -0.15) is 0 Å². The molecule has 4 aliphatic rings. The minimum absolute atomic E-state index is 0.00564. The Morgan fingerprint density at radius 3 is 2.68 bits per heavy atom. The molecule has 0 aromatic carbocycles. The van der Waals surface area contributed by atoms with Gasteiger partial charge in [0, 0.05) is 13.3 Å². The zero-order chi connectivity index (χ0) is 18.0. The number of carbonyl (C=O) groups excluding carboxylic acids is 2. The minimum atomic E-state index is -0.435. The summed E-state index contributed by atoms with van der Waals surface area (Å²) in [7, 11) is 0. The van der Waals surface area contributed by atoms with E-state index in [1.54, 1.807) is 6.92 Å². The summed E-state index contributed by atoms with van der Waals surface area (Å²) in [4.78, 5) is 23.5. The first-order chi connectivity index (χ1) is 11.8. The molecule has 4 aliphatic carbocycles. The van der Waals surface area contributed by atoms with Gasteiger partial charge in [0.15, 0.2) is 5.78 Å². The van der Waals surface area contributed by atoms with E-state index < -0.39 is 6.10 Å². The molecular weight excluding hydrogens is 314 g/mol. The Morgan fingerprint density at radius 1 is 1.20 bits per heavy atom. The lowest BCUT2D eigenvalue weighted by Gasteiger charge is -2.58. The number of carbonyl (C=O) groups is 2. The maximum atomic E-state index is 11.9. The van der Waals surface area contributed by atoms with Gasteiger partial charge in [0.1, 0.15) is 0 Å². The van der Waals surface area contributed by atoms with Crippen molar-refractivity contribution in [3.8, 4) is 0 Å². The number of ketones is 1. The second-order valence-corrected chi connectivity index (χ2v) is 9.49. The van der Waals surface area contributed by atoms with Gasteiger partial charge in [-0.1, -0.05) is 19.4 Å². The Labute approximate surface area is 150 Å². The van der Waals surface area contributed by atoms with Crippen LogP contribution in [0.5, 0.6) is 0 Å². The van der Waals surface area contributed by atoms with Gasteiger partial charge >= 0.3 is 0 Å². The Balaban J connectivity index is 1.65. The van der Waals surface area contributed by atoms with E-state index in [1.165, 1.54) is 5.57 Å². The highest BCUT2D eigenvalue weighted by molar-refractivity contribution is 5.91. The molecule has 3 saturated carbocycles. The van der Waals surface area contributed by atoms with Crippen LogP contribution in [-0.2, 0) is 9.59 Å². The molecule has 0 bridgehead atoms. The molecule has 4 rings (SSSR count). The maximum Gasteiger partial charge on any atom is 0.217 e. The molecule has 4 nitrogen and oxygen atoms in total. The summed E-state index contributed by atoms with van der Waals surface area (Å²) in [6.07, 6.45) is 8.32. The number of amides is 1. The standard InChI is InChI=1S/C21H31NO3/c1-12(23)22-19-18(25)11-17-15-5-4-13-10-14(24)6-8-20(13,2)16(15)7-9-21(17,19)3/h10,15-19,25H,4-9,11H2,1-3H3,(H,22,23)/t15-,16+,17+,18+,19-,20-,21-/m0/s1. The molecule has 1 amide bonds. The number of allylic oxidation sites excluding steroid dienone is 1. The molecule has 0 saturated heterocycles. The highest BCUT2D eigenvalue weighted by Crippen LogP contribution is 2.65. The first kappa shape index (κ1) is 17.3. The third-order valence-corrected chi connectivity index (χ3v) is 8.35. The molecular formula is C21H31NO3. The van der Waals surface area contributed by atoms with Crippen LogP contribution in [-0.4, -0.2) is 28.9 Å². The predicted molar refractivity (Wildman–Crippen MR) is 95.7 cm³/mol. The molecule has 0 aromatic heterocycles. The van der Waals surface area contributed by atoms with Gasteiger partial charge in [-0.05, 0) is 73.2 Å². The molecule has 0 aliphatic heterocycles. The van der Waals surface area contributed by atoms with E-state index in [4.69, 9.17) is 0 Å². The van der Waals surface area contributed by atoms with Crippen molar-refractivity contribution < 1.29 is 14.7 Å². The van der Waals surface area contributed by atoms with Crippen molar-refractivity contribution >= 4 is 11.7 Å². The summed E-state index contributed by atoms with van der Waals surface area (Å²) < 4.78 is 0. The largest absolute Gasteiger partial charge is 0.391 e. The fourth-order valence-electron chi connectivity index (χ4n) is 7.05. The number of aliphatic hydroxyl groups is 1. The number of nitrogens with one attached hydrogen (secondary N) is 1. The lowest BCUT2D eigenvalue weighted by atomic mass is 9.47. The second kappa shape index (κ2) is 5.67. The van der Waals surface area contributed by atoms with Crippen LogP contribution in [0.25, 0.3) is 0 Å². The topological polar surface area (TPSA) is 66.4 Å². The lowest BCUT2D eigenvalue weighted by molar-refractivity contribution is -0.122. The highest BCUT2D eigenvalue weighted by Gasteiger charge is 2.61. The average molecular weight is 345 g/mol. The van der Waals surface area contributed by atoms with E-state index in [1.807, 2.05) is 6.08 Å². The van der Waals surface area contributed by atoms with Crippen molar-refractivity contribution in [3.63, 3.8) is 0 Å². The van der Waals surface area contributed by atoms with E-state index in [9.17, 15) is 14.7 Å². The molecule has 4 heteroatoms. The Hall–Kier alpha value is -1.16. The van der Waals surface area contributed by atoms with E-state index in [0.29, 0.717) is 30.0 Å². The number of fused-ring (bicyclic) bond motifs is 5. The molecule has 2 N–H and O–H groups in total. The van der Waals surface area contributed by atoms with Crippen molar-refractivity contribution in [1.82, 2.24) is 5.32 Å². The van der Waals surface area contributed by atoms with Gasteiger partial charge in [-0.25, -0.2) is 0 Å². The molecule has 7 atom stereocenters. The van der Waals surface area contributed by atoms with Gasteiger partial charge in [0.2, 0.25) is 5.91 Å². The van der Waals surface area contributed by atoms with Gasteiger partial charge in [0.05, 0.1) is 12.1 Å². The summed E-state index contributed by atoms with van der Waals surface area (Å²) in [5, 5.41) is 13.7. The number of rotatable bonds is 1. The zero-order valence-electron chi connectivity index (χ0n) is 15.7. The monoisotopic (exact) mass is 345 g/mol. The van der Waals surface area contributed by atoms with E-state index in [0.717, 1.165) is 38.5 Å². The van der Waals surface area contributed by atoms with Gasteiger partial charge < -0.3 is 10.4 Å². The molecule has 0 unspecified atom stereocenters. The lowest BCUT2D eigenvalue weighted by Crippen LogP contribution is -2.55. The van der Waals surface area contributed by atoms with Crippen LogP contribution in [0.3, 0.4) is 0 Å². The van der Waals surface area contributed by atoms with Gasteiger partial charge in [-0.3, -0.25) is 9.59 Å². The van der Waals surface area contributed by atoms with Crippen LogP contribution >= 0.6 is 0 Å². The Kier molecular flexibility index (Phi) is 3.91. The molecule has 0 aromatic rings. The normalized spacial score (nSPS) is 48.9. The van der Waals surface area contributed by atoms with Crippen LogP contribution in [0.4, 0.5) is 0 Å². The fourth-order valence-corrected chi connectivity index (χ4v) is 7.05. The van der Waals surface area contributed by atoms with Crippen molar-refractivity contribution in [3.05, 3.63) is 11.6 Å². The average Bonchev–Trinajstić information content (AvgIpc) is 2.79. The number of hydrogen-bond acceptors (Lipinski definition) is 3. The van der Waals surface area contributed by atoms with Gasteiger partial charge in [-0.15, -0.1) is 0 Å². The first-order valence-corrected chi connectivity index (χ1v) is 9.95. The van der Waals surface area contributed by atoms with Gasteiger partial charge in [0.25, 0.3) is 0 Å². The summed E-state index contributed by atoms with van der Waals surface area (Å²) >= 11 is 0. The highest BCUT2D eigenvalue weighted by atomic mass is 16.3. The fraction of sp³-hybridized carbons (Fsp3) is 0.810. The van der Waals surface area contributed by atoms with Crippen molar-refractivity contribution in [2.75, 3.05) is 0 Å². The third kappa shape index (κ3) is 2.43. The Bertz CT molecular complexity index is 641. The SMILES string of the molecule is CC(=O)N[C@H]1[C@H](O)C[C@@H]2[C@H]3CCC4=CC(=O)CC[C@]4(C)[C@@H]3CC[C@@]21C. The first-order valence-electron chi connectivity index (χ1n) is 9.95. The predicted octanol–water partition coefficient (Wildman–Crippen LogP) is 2.99. The van der Waals surface area contributed by atoms with E-state index >= 15 is 0 Å². The quantitative estimate of drug-likeness (QED) is 0.768. The molecule has 0 heterocycles. The van der Waals surface area contributed by atoms with E-state index in [2.05, 4.69) is 19.2 Å². The molecule has 0 spiro atoms. The number of hydrogen-bond donors (Lipinski definition) is 2. The maximum absolute atomic E-state index is 11.9. The van der Waals surface area contributed by atoms with Crippen LogP contribution in [0.15, 0.2) is 11.6 Å². The smallest absolute Gasteiger partial charge is 0.217 e. The molecule has 0 radical (unpaired) electrons. The van der Waals surface area contributed by atoms with Crippen LogP contribution in [0.2, 0.25) is 0 Å². The zero-order valence-corrected chi connectivity index (χ0v) is 15.7. The summed E-state index contributed by atoms with van der Waals surface area (Å²) in [5.74, 6) is 1.94. The van der Waals surface area contributed by atoms with Crippen molar-refractivity contribution in [2.24, 2.45) is 28.6 Å². The second-order valence-electron chi connectivity index (χ2n) is 9.49. The summed E-state index contributed by atoms with van der Waals surface area (Å²) in [5.41, 5.74) is 1.54. The van der Waals surface area contributed by atoms with Crippen LogP contribution in [0, 0.1) is 28.6 Å². The molecule has 3 fully saturated rings. The van der Waals surface area contributed by atoms with E-state index in [-0.39, 0.29) is 22.8 Å². The van der Waals surface area contributed by atoms with Crippen molar-refractivity contribution in [1.29, 1.82) is 0 Å². The van der Waals surface area contributed by atoms with Crippen LogP contribution in [0.1, 0.15) is 65.7 Å². The molecule has 25 heavy (non-hydrogen) atoms. The summed E-state index contributed by atoms with van der Waals surface area (Å²) in [6.45, 7) is 6.21. The molecule has 138 valence electrons. The third-order valence-electron chi connectivity index (χ3n) is 8.35. The minimum Gasteiger partial charge on any atom is -0.391 e. The Morgan fingerprint density at radius 2 is 1.96 bits per heavy atom. The summed E-state index contributed by atoms with van der Waals surface area (Å²) in [6, 6.07) is -0.117. The van der Waals surface area contributed by atoms with Crippen molar-refractivity contribution in [2.45, 2.75) is 77.9 Å².